The Balaban J connectivity index is 1.52. The largest absolute Gasteiger partial charge is 0.444 e. The predicted octanol–water partition coefficient (Wildman–Crippen LogP) is 2.21. The zero-order valence-corrected chi connectivity index (χ0v) is 15.0. The van der Waals surface area contributed by atoms with Gasteiger partial charge in [0.25, 0.3) is 0 Å². The zero-order chi connectivity index (χ0) is 18.0. The number of ether oxygens (including phenoxy) is 1. The van der Waals surface area contributed by atoms with Crippen LogP contribution in [0.3, 0.4) is 0 Å². The van der Waals surface area contributed by atoms with Gasteiger partial charge in [-0.05, 0) is 38.5 Å². The minimum absolute atomic E-state index is 0.178. The average molecular weight is 348 g/mol. The van der Waals surface area contributed by atoms with E-state index in [0.29, 0.717) is 26.2 Å². The Hall–Kier alpha value is -2.31. The molecule has 6 nitrogen and oxygen atoms in total. The molecule has 1 fully saturated rings. The summed E-state index contributed by atoms with van der Waals surface area (Å²) in [7, 11) is 0. The Morgan fingerprint density at radius 1 is 1.32 bits per heavy atom. The Bertz CT molecular complexity index is 654. The fraction of sp³-hybridized carbons (Fsp3) is 0.556. The topological polar surface area (TPSA) is 57.2 Å². The van der Waals surface area contributed by atoms with Gasteiger partial charge in [-0.2, -0.15) is 0 Å². The van der Waals surface area contributed by atoms with E-state index in [2.05, 4.69) is 15.2 Å². The smallest absolute Gasteiger partial charge is 0.410 e. The number of hydrogen-bond acceptors (Lipinski definition) is 5. The first-order valence-corrected chi connectivity index (χ1v) is 8.59. The lowest BCUT2D eigenvalue weighted by Gasteiger charge is -2.39. The molecule has 0 bridgehead atoms. The number of guanidine groups is 1. The number of nitrogens with one attached hydrogen (secondary N) is 1. The van der Waals surface area contributed by atoms with Gasteiger partial charge < -0.3 is 19.9 Å². The fourth-order valence-corrected chi connectivity index (χ4v) is 3.01. The van der Waals surface area contributed by atoms with Gasteiger partial charge in [0.15, 0.2) is 5.96 Å². The van der Waals surface area contributed by atoms with Crippen LogP contribution in [0.1, 0.15) is 26.3 Å². The summed E-state index contributed by atoms with van der Waals surface area (Å²) in [5.74, 6) is 0.610. The third-order valence-corrected chi connectivity index (χ3v) is 4.22. The maximum atomic E-state index is 13.0. The molecule has 0 aromatic heterocycles. The molecule has 1 unspecified atom stereocenters. The SMILES string of the molecule is CC(C)(C)OC(=O)N1CCN2C(NCc3ccc(F)cc3)=NCC2C1. The summed E-state index contributed by atoms with van der Waals surface area (Å²) in [5, 5.41) is 3.32. The first kappa shape index (κ1) is 17.5. The van der Waals surface area contributed by atoms with Gasteiger partial charge in [-0.3, -0.25) is 4.99 Å². The summed E-state index contributed by atoms with van der Waals surface area (Å²) < 4.78 is 18.4. The lowest BCUT2D eigenvalue weighted by atomic mass is 10.2. The highest BCUT2D eigenvalue weighted by molar-refractivity contribution is 5.82. The van der Waals surface area contributed by atoms with Crippen molar-refractivity contribution in [1.82, 2.24) is 15.1 Å². The molecule has 7 heteroatoms. The molecule has 0 spiro atoms. The number of carbonyl (C=O) groups is 1. The van der Waals surface area contributed by atoms with Crippen molar-refractivity contribution in [2.75, 3.05) is 26.2 Å². The van der Waals surface area contributed by atoms with Crippen molar-refractivity contribution in [2.45, 2.75) is 39.0 Å². The van der Waals surface area contributed by atoms with Crippen molar-refractivity contribution in [3.63, 3.8) is 0 Å². The monoisotopic (exact) mass is 348 g/mol. The summed E-state index contributed by atoms with van der Waals surface area (Å²) in [6.45, 7) is 8.82. The van der Waals surface area contributed by atoms with Crippen molar-refractivity contribution < 1.29 is 13.9 Å². The standard InChI is InChI=1S/C18H25FN4O2/c1-18(2,3)25-17(24)22-8-9-23-15(12-22)11-21-16(23)20-10-13-4-6-14(19)7-5-13/h4-7,15H,8-12H2,1-3H3,(H,20,21). The number of rotatable bonds is 2. The number of piperazine rings is 1. The average Bonchev–Trinajstić information content (AvgIpc) is 2.95. The molecule has 1 atom stereocenters. The molecular weight excluding hydrogens is 323 g/mol. The van der Waals surface area contributed by atoms with Crippen LogP contribution in [0.4, 0.5) is 9.18 Å². The highest BCUT2D eigenvalue weighted by Gasteiger charge is 2.36. The van der Waals surface area contributed by atoms with Crippen LogP contribution in [-0.4, -0.2) is 59.7 Å². The number of fused-ring (bicyclic) bond motifs is 1. The molecule has 136 valence electrons. The minimum Gasteiger partial charge on any atom is -0.444 e. The van der Waals surface area contributed by atoms with Crippen LogP contribution >= 0.6 is 0 Å². The maximum Gasteiger partial charge on any atom is 0.410 e. The number of nitrogens with zero attached hydrogens (tertiary/aromatic N) is 3. The molecule has 1 aromatic carbocycles. The van der Waals surface area contributed by atoms with Crippen LogP contribution in [0, 0.1) is 5.82 Å². The Morgan fingerprint density at radius 3 is 2.72 bits per heavy atom. The highest BCUT2D eigenvalue weighted by Crippen LogP contribution is 2.18. The third kappa shape index (κ3) is 4.41. The van der Waals surface area contributed by atoms with Crippen LogP contribution in [0.15, 0.2) is 29.3 Å². The molecule has 2 aliphatic rings. The molecule has 2 aliphatic heterocycles. The van der Waals surface area contributed by atoms with Crippen molar-refractivity contribution in [2.24, 2.45) is 4.99 Å². The van der Waals surface area contributed by atoms with E-state index >= 15 is 0 Å². The van der Waals surface area contributed by atoms with E-state index in [0.717, 1.165) is 18.1 Å². The van der Waals surface area contributed by atoms with E-state index in [-0.39, 0.29) is 18.0 Å². The van der Waals surface area contributed by atoms with Gasteiger partial charge >= 0.3 is 6.09 Å². The van der Waals surface area contributed by atoms with Crippen molar-refractivity contribution in [3.05, 3.63) is 35.6 Å². The molecule has 1 amide bonds. The van der Waals surface area contributed by atoms with E-state index in [9.17, 15) is 9.18 Å². The second-order valence-corrected chi connectivity index (χ2v) is 7.42. The summed E-state index contributed by atoms with van der Waals surface area (Å²) in [6, 6.07) is 6.61. The van der Waals surface area contributed by atoms with Gasteiger partial charge in [0.05, 0.1) is 12.6 Å². The third-order valence-electron chi connectivity index (χ3n) is 4.22. The first-order chi connectivity index (χ1) is 11.8. The molecule has 2 heterocycles. The normalized spacial score (nSPS) is 20.2. The van der Waals surface area contributed by atoms with Gasteiger partial charge in [0, 0.05) is 26.2 Å². The first-order valence-electron chi connectivity index (χ1n) is 8.59. The van der Waals surface area contributed by atoms with E-state index in [1.165, 1.54) is 12.1 Å². The van der Waals surface area contributed by atoms with Crippen LogP contribution in [-0.2, 0) is 11.3 Å². The second-order valence-electron chi connectivity index (χ2n) is 7.42. The summed E-state index contributed by atoms with van der Waals surface area (Å²) in [5.41, 5.74) is 0.516. The molecular formula is C18H25FN4O2. The molecule has 1 saturated heterocycles. The van der Waals surface area contributed by atoms with Crippen molar-refractivity contribution >= 4 is 12.1 Å². The van der Waals surface area contributed by atoms with E-state index in [1.54, 1.807) is 17.0 Å². The Kier molecular flexibility index (Phi) is 4.83. The van der Waals surface area contributed by atoms with Gasteiger partial charge in [-0.15, -0.1) is 0 Å². The number of aliphatic imine (C=N–C) groups is 1. The number of hydrogen-bond donors (Lipinski definition) is 1. The lowest BCUT2D eigenvalue weighted by Crippen LogP contribution is -2.57. The van der Waals surface area contributed by atoms with E-state index in [4.69, 9.17) is 4.74 Å². The van der Waals surface area contributed by atoms with Gasteiger partial charge in [0.1, 0.15) is 11.4 Å². The number of amides is 1. The van der Waals surface area contributed by atoms with Crippen LogP contribution in [0.2, 0.25) is 0 Å². The number of benzene rings is 1. The van der Waals surface area contributed by atoms with Crippen LogP contribution < -0.4 is 5.32 Å². The molecule has 1 aromatic rings. The van der Waals surface area contributed by atoms with Crippen molar-refractivity contribution in [1.29, 1.82) is 0 Å². The summed E-state index contributed by atoms with van der Waals surface area (Å²) >= 11 is 0. The Labute approximate surface area is 147 Å². The van der Waals surface area contributed by atoms with Crippen LogP contribution in [0.25, 0.3) is 0 Å². The number of carbonyl (C=O) groups excluding carboxylic acids is 1. The summed E-state index contributed by atoms with van der Waals surface area (Å²) in [6.07, 6.45) is -0.264. The highest BCUT2D eigenvalue weighted by atomic mass is 19.1. The molecule has 3 rings (SSSR count). The quantitative estimate of drug-likeness (QED) is 0.890. The molecule has 25 heavy (non-hydrogen) atoms. The molecule has 0 aliphatic carbocycles. The molecule has 0 radical (unpaired) electrons. The maximum absolute atomic E-state index is 13.0. The van der Waals surface area contributed by atoms with Crippen LogP contribution in [0.5, 0.6) is 0 Å². The fourth-order valence-electron chi connectivity index (χ4n) is 3.01. The van der Waals surface area contributed by atoms with E-state index in [1.807, 2.05) is 20.8 Å². The van der Waals surface area contributed by atoms with E-state index < -0.39 is 5.60 Å². The molecule has 1 N–H and O–H groups in total. The lowest BCUT2D eigenvalue weighted by molar-refractivity contribution is 0.0137. The Morgan fingerprint density at radius 2 is 2.04 bits per heavy atom. The van der Waals surface area contributed by atoms with Gasteiger partial charge in [0.2, 0.25) is 0 Å². The van der Waals surface area contributed by atoms with Gasteiger partial charge in [-0.25, -0.2) is 9.18 Å². The second kappa shape index (κ2) is 6.90. The van der Waals surface area contributed by atoms with Gasteiger partial charge in [-0.1, -0.05) is 12.1 Å². The minimum atomic E-state index is -0.484. The predicted molar refractivity (Wildman–Crippen MR) is 93.8 cm³/mol. The van der Waals surface area contributed by atoms with Crippen molar-refractivity contribution in [3.8, 4) is 0 Å². The summed E-state index contributed by atoms with van der Waals surface area (Å²) in [4.78, 5) is 20.7. The number of halogens is 1. The molecule has 0 saturated carbocycles. The zero-order valence-electron chi connectivity index (χ0n) is 15.0.